The van der Waals surface area contributed by atoms with Crippen molar-refractivity contribution < 1.29 is 19.1 Å². The first-order chi connectivity index (χ1) is 20.4. The highest BCUT2D eigenvalue weighted by Crippen LogP contribution is 2.34. The molecule has 43 heavy (non-hydrogen) atoms. The van der Waals surface area contributed by atoms with Crippen LogP contribution in [0.1, 0.15) is 82.3 Å². The second-order valence-electron chi connectivity index (χ2n) is 13.1. The van der Waals surface area contributed by atoms with Gasteiger partial charge in [-0.3, -0.25) is 9.78 Å². The summed E-state index contributed by atoms with van der Waals surface area (Å²) in [6, 6.07) is 13.2. The monoisotopic (exact) mass is 587 g/mol. The Hall–Kier alpha value is -4.14. The summed E-state index contributed by atoms with van der Waals surface area (Å²) in [5.41, 5.74) is 2.60. The van der Waals surface area contributed by atoms with E-state index in [1.165, 1.54) is 0 Å². The minimum Gasteiger partial charge on any atom is -0.493 e. The van der Waals surface area contributed by atoms with E-state index in [2.05, 4.69) is 41.4 Å². The van der Waals surface area contributed by atoms with Crippen LogP contribution in [0.4, 0.5) is 16.3 Å². The Bertz CT molecular complexity index is 1370. The van der Waals surface area contributed by atoms with Crippen LogP contribution in [0, 0.1) is 5.92 Å². The summed E-state index contributed by atoms with van der Waals surface area (Å²) in [7, 11) is 0. The number of aromatic nitrogens is 2. The SMILES string of the molecule is CC(C)(C)OC(=O)N1CCC(CCOc2cc(NC(=O)c3cccnc3NCc3ccncc3)ccc2C(C)(C)C)CC1. The number of carbonyl (C=O) groups is 2. The summed E-state index contributed by atoms with van der Waals surface area (Å²) < 4.78 is 11.9. The molecule has 9 nitrogen and oxygen atoms in total. The second kappa shape index (κ2) is 13.9. The lowest BCUT2D eigenvalue weighted by molar-refractivity contribution is 0.0177. The number of benzene rings is 1. The Labute approximate surface area is 255 Å². The molecule has 1 fully saturated rings. The van der Waals surface area contributed by atoms with E-state index in [0.717, 1.165) is 36.1 Å². The first-order valence-corrected chi connectivity index (χ1v) is 15.0. The van der Waals surface area contributed by atoms with Crippen LogP contribution in [0.25, 0.3) is 0 Å². The van der Waals surface area contributed by atoms with Gasteiger partial charge < -0.3 is 25.0 Å². The number of ether oxygens (including phenoxy) is 2. The van der Waals surface area contributed by atoms with Crippen LogP contribution in [0.3, 0.4) is 0 Å². The van der Waals surface area contributed by atoms with E-state index >= 15 is 0 Å². The maximum Gasteiger partial charge on any atom is 0.410 e. The minimum atomic E-state index is -0.488. The molecule has 9 heteroatoms. The van der Waals surface area contributed by atoms with E-state index < -0.39 is 5.60 Å². The predicted octanol–water partition coefficient (Wildman–Crippen LogP) is 7.05. The molecule has 2 aromatic heterocycles. The van der Waals surface area contributed by atoms with E-state index in [9.17, 15) is 9.59 Å². The van der Waals surface area contributed by atoms with Crippen molar-refractivity contribution in [2.24, 2.45) is 5.92 Å². The average molecular weight is 588 g/mol. The summed E-state index contributed by atoms with van der Waals surface area (Å²) in [6.45, 7) is 14.6. The molecule has 2 N–H and O–H groups in total. The van der Waals surface area contributed by atoms with Crippen molar-refractivity contribution in [3.05, 3.63) is 77.7 Å². The zero-order chi connectivity index (χ0) is 31.0. The van der Waals surface area contributed by atoms with Crippen LogP contribution in [0.5, 0.6) is 5.75 Å². The summed E-state index contributed by atoms with van der Waals surface area (Å²) in [4.78, 5) is 36.0. The van der Waals surface area contributed by atoms with Crippen molar-refractivity contribution in [1.82, 2.24) is 14.9 Å². The zero-order valence-corrected chi connectivity index (χ0v) is 26.3. The summed E-state index contributed by atoms with van der Waals surface area (Å²) in [5.74, 6) is 1.50. The number of hydrogen-bond donors (Lipinski definition) is 2. The van der Waals surface area contributed by atoms with Crippen molar-refractivity contribution in [2.45, 2.75) is 78.4 Å². The molecule has 0 bridgehead atoms. The molecule has 0 radical (unpaired) electrons. The number of rotatable bonds is 9. The Morgan fingerprint density at radius 2 is 1.70 bits per heavy atom. The number of carbonyl (C=O) groups excluding carboxylic acids is 2. The summed E-state index contributed by atoms with van der Waals surface area (Å²) in [6.07, 6.45) is 7.64. The van der Waals surface area contributed by atoms with Crippen LogP contribution in [-0.2, 0) is 16.7 Å². The molecule has 1 aliphatic heterocycles. The number of amides is 2. The van der Waals surface area contributed by atoms with Crippen molar-refractivity contribution in [3.63, 3.8) is 0 Å². The molecule has 1 saturated heterocycles. The van der Waals surface area contributed by atoms with Crippen molar-refractivity contribution in [1.29, 1.82) is 0 Å². The molecule has 0 unspecified atom stereocenters. The lowest BCUT2D eigenvalue weighted by Crippen LogP contribution is -2.41. The van der Waals surface area contributed by atoms with Crippen LogP contribution in [0.2, 0.25) is 0 Å². The predicted molar refractivity (Wildman–Crippen MR) is 170 cm³/mol. The zero-order valence-electron chi connectivity index (χ0n) is 26.3. The molecular weight excluding hydrogens is 542 g/mol. The molecule has 1 aliphatic rings. The standard InChI is InChI=1S/C34H45N5O4/c1-33(2,3)28-10-9-26(38-31(40)27-8-7-16-36-30(27)37-23-25-11-17-35-18-12-25)22-29(28)42-21-15-24-13-19-39(20-14-24)32(41)43-34(4,5)6/h7-12,16-18,22,24H,13-15,19-21,23H2,1-6H3,(H,36,37)(H,38,40). The van der Waals surface area contributed by atoms with Gasteiger partial charge in [0.15, 0.2) is 0 Å². The number of nitrogens with zero attached hydrogens (tertiary/aromatic N) is 3. The number of piperidine rings is 1. The van der Waals surface area contributed by atoms with Gasteiger partial charge in [-0.05, 0) is 92.8 Å². The van der Waals surface area contributed by atoms with Crippen LogP contribution in [-0.4, -0.2) is 52.2 Å². The molecule has 0 aliphatic carbocycles. The molecule has 0 saturated carbocycles. The number of pyridine rings is 2. The second-order valence-corrected chi connectivity index (χ2v) is 13.1. The van der Waals surface area contributed by atoms with Gasteiger partial charge in [-0.2, -0.15) is 0 Å². The van der Waals surface area contributed by atoms with Gasteiger partial charge in [0.05, 0.1) is 12.2 Å². The maximum atomic E-state index is 13.3. The highest BCUT2D eigenvalue weighted by Gasteiger charge is 2.27. The molecule has 3 heterocycles. The van der Waals surface area contributed by atoms with Gasteiger partial charge in [-0.25, -0.2) is 9.78 Å². The molecule has 4 rings (SSSR count). The van der Waals surface area contributed by atoms with Gasteiger partial charge in [-0.15, -0.1) is 0 Å². The lowest BCUT2D eigenvalue weighted by Gasteiger charge is -2.33. The van der Waals surface area contributed by atoms with Crippen molar-refractivity contribution in [3.8, 4) is 5.75 Å². The third kappa shape index (κ3) is 9.43. The van der Waals surface area contributed by atoms with Gasteiger partial charge in [0.2, 0.25) is 0 Å². The molecule has 0 spiro atoms. The Balaban J connectivity index is 1.37. The van der Waals surface area contributed by atoms with Crippen LogP contribution < -0.4 is 15.4 Å². The van der Waals surface area contributed by atoms with Crippen molar-refractivity contribution in [2.75, 3.05) is 30.3 Å². The Morgan fingerprint density at radius 3 is 2.37 bits per heavy atom. The summed E-state index contributed by atoms with van der Waals surface area (Å²) in [5, 5.41) is 6.29. The fraction of sp³-hybridized carbons (Fsp3) is 0.471. The van der Waals surface area contributed by atoms with Crippen molar-refractivity contribution >= 4 is 23.5 Å². The molecular formula is C34H45N5O4. The Kier molecular flexibility index (Phi) is 10.3. The lowest BCUT2D eigenvalue weighted by atomic mass is 9.86. The number of likely N-dealkylation sites (tertiary alicyclic amines) is 1. The first-order valence-electron chi connectivity index (χ1n) is 15.0. The molecule has 0 atom stereocenters. The summed E-state index contributed by atoms with van der Waals surface area (Å²) >= 11 is 0. The highest BCUT2D eigenvalue weighted by atomic mass is 16.6. The van der Waals surface area contributed by atoms with E-state index in [0.29, 0.717) is 49.2 Å². The molecule has 230 valence electrons. The maximum absolute atomic E-state index is 13.3. The smallest absolute Gasteiger partial charge is 0.410 e. The number of anilines is 2. The fourth-order valence-electron chi connectivity index (χ4n) is 5.02. The van der Waals surface area contributed by atoms with Gasteiger partial charge >= 0.3 is 6.09 Å². The molecule has 3 aromatic rings. The topological polar surface area (TPSA) is 106 Å². The van der Waals surface area contributed by atoms with Gasteiger partial charge in [0.1, 0.15) is 17.2 Å². The van der Waals surface area contributed by atoms with E-state index in [1.807, 2.05) is 51.1 Å². The molecule has 2 amide bonds. The minimum absolute atomic E-state index is 0.135. The highest BCUT2D eigenvalue weighted by molar-refractivity contribution is 6.07. The largest absolute Gasteiger partial charge is 0.493 e. The third-order valence-corrected chi connectivity index (χ3v) is 7.36. The third-order valence-electron chi connectivity index (χ3n) is 7.36. The molecule has 1 aromatic carbocycles. The van der Waals surface area contributed by atoms with Crippen LogP contribution in [0.15, 0.2) is 61.1 Å². The fourth-order valence-corrected chi connectivity index (χ4v) is 5.02. The average Bonchev–Trinajstić information content (AvgIpc) is 2.96. The van der Waals surface area contributed by atoms with Gasteiger partial charge in [0.25, 0.3) is 5.91 Å². The van der Waals surface area contributed by atoms with Gasteiger partial charge in [0, 0.05) is 50.0 Å². The Morgan fingerprint density at radius 1 is 0.977 bits per heavy atom. The number of nitrogens with one attached hydrogen (secondary N) is 2. The normalized spacial score (nSPS) is 14.2. The van der Waals surface area contributed by atoms with Gasteiger partial charge in [-0.1, -0.05) is 26.8 Å². The first kappa shape index (κ1) is 31.8. The quantitative estimate of drug-likeness (QED) is 0.276. The van der Waals surface area contributed by atoms with Crippen LogP contribution >= 0.6 is 0 Å². The number of hydrogen-bond acceptors (Lipinski definition) is 7. The van der Waals surface area contributed by atoms with E-state index in [1.54, 1.807) is 35.6 Å². The van der Waals surface area contributed by atoms with E-state index in [4.69, 9.17) is 9.47 Å². The van der Waals surface area contributed by atoms with E-state index in [-0.39, 0.29) is 17.4 Å².